The Kier molecular flexibility index (Phi) is 6.28. The summed E-state index contributed by atoms with van der Waals surface area (Å²) in [6.45, 7) is 1.55. The summed E-state index contributed by atoms with van der Waals surface area (Å²) in [5.74, 6) is -3.99. The topological polar surface area (TPSA) is 102 Å². The summed E-state index contributed by atoms with van der Waals surface area (Å²) < 4.78 is 49.2. The number of anilines is 1. The summed E-state index contributed by atoms with van der Waals surface area (Å²) in [4.78, 5) is 35.1. The third-order valence-electron chi connectivity index (χ3n) is 5.74. The van der Waals surface area contributed by atoms with Crippen molar-refractivity contribution in [2.45, 2.75) is 51.8 Å². The van der Waals surface area contributed by atoms with Crippen LogP contribution in [0, 0.1) is 12.8 Å². The Morgan fingerprint density at radius 2 is 1.94 bits per heavy atom. The molecular weight excluding hydrogens is 419 g/mol. The predicted octanol–water partition coefficient (Wildman–Crippen LogP) is 3.92. The number of nitrogens with one attached hydrogen (secondary N) is 1. The van der Waals surface area contributed by atoms with E-state index in [1.54, 1.807) is 13.0 Å². The summed E-state index contributed by atoms with van der Waals surface area (Å²) in [5.41, 5.74) is 1.77. The average molecular weight is 441 g/mol. The maximum Gasteiger partial charge on any atom is 0.471 e. The van der Waals surface area contributed by atoms with E-state index >= 15 is 0 Å². The van der Waals surface area contributed by atoms with Crippen molar-refractivity contribution >= 4 is 23.5 Å². The highest BCUT2D eigenvalue weighted by atomic mass is 19.4. The van der Waals surface area contributed by atoms with E-state index < -0.39 is 29.9 Å². The maximum absolute atomic E-state index is 12.9. The molecule has 1 aliphatic heterocycles. The Morgan fingerprint density at radius 1 is 1.29 bits per heavy atom. The van der Waals surface area contributed by atoms with Crippen LogP contribution in [0.2, 0.25) is 0 Å². The summed E-state index contributed by atoms with van der Waals surface area (Å²) in [6.07, 6.45) is -1.18. The molecule has 7 nitrogen and oxygen atoms in total. The van der Waals surface area contributed by atoms with Crippen LogP contribution in [0.3, 0.4) is 0 Å². The van der Waals surface area contributed by atoms with Gasteiger partial charge >= 0.3 is 24.0 Å². The lowest BCUT2D eigenvalue weighted by Gasteiger charge is -2.22. The number of amides is 1. The fourth-order valence-corrected chi connectivity index (χ4v) is 4.06. The number of carbonyl (C=O) groups is 3. The van der Waals surface area contributed by atoms with Gasteiger partial charge in [0.2, 0.25) is 0 Å². The highest BCUT2D eigenvalue weighted by Gasteiger charge is 2.41. The van der Waals surface area contributed by atoms with Gasteiger partial charge in [-0.1, -0.05) is 11.6 Å². The van der Waals surface area contributed by atoms with E-state index in [0.29, 0.717) is 36.8 Å². The first-order valence-corrected chi connectivity index (χ1v) is 9.72. The average Bonchev–Trinajstić information content (AvgIpc) is 3.10. The second kappa shape index (κ2) is 8.60. The first-order valence-electron chi connectivity index (χ1n) is 9.72. The third kappa shape index (κ3) is 4.52. The highest BCUT2D eigenvalue weighted by Crippen LogP contribution is 2.42. The van der Waals surface area contributed by atoms with Crippen molar-refractivity contribution in [3.05, 3.63) is 33.9 Å². The standard InChI is InChI=1S/C21H22F3NO6/c1-10-14-9-31-19(28)15(14)16(25-20(29)21(22,23)24)13(17(10)30-2)8-5-11-3-6-12(7-4-11)18(26)27/h5,12H,3-4,6-9H2,1-2H3,(H,25,29)(H,26,27). The molecule has 168 valence electrons. The molecule has 1 aliphatic carbocycles. The van der Waals surface area contributed by atoms with Crippen molar-refractivity contribution in [1.29, 1.82) is 0 Å². The Balaban J connectivity index is 2.02. The van der Waals surface area contributed by atoms with Gasteiger partial charge in [-0.15, -0.1) is 0 Å². The molecule has 1 aromatic rings. The quantitative estimate of drug-likeness (QED) is 0.531. The van der Waals surface area contributed by atoms with Crippen LogP contribution in [-0.4, -0.2) is 36.2 Å². The zero-order chi connectivity index (χ0) is 22.9. The fraction of sp³-hybridized carbons (Fsp3) is 0.476. The van der Waals surface area contributed by atoms with Gasteiger partial charge in [0.1, 0.15) is 12.4 Å². The molecule has 0 saturated heterocycles. The van der Waals surface area contributed by atoms with Crippen LogP contribution in [0.4, 0.5) is 18.9 Å². The largest absolute Gasteiger partial charge is 0.496 e. The molecule has 2 aliphatic rings. The van der Waals surface area contributed by atoms with Crippen molar-refractivity contribution in [1.82, 2.24) is 0 Å². The molecule has 1 aromatic carbocycles. The normalized spacial score (nSPS) is 18.3. The van der Waals surface area contributed by atoms with Crippen molar-refractivity contribution in [3.63, 3.8) is 0 Å². The molecule has 1 saturated carbocycles. The number of carboxylic acid groups (broad SMARTS) is 1. The molecule has 3 rings (SSSR count). The number of rotatable bonds is 5. The number of cyclic esters (lactones) is 1. The predicted molar refractivity (Wildman–Crippen MR) is 103 cm³/mol. The number of methoxy groups -OCH3 is 1. The number of aliphatic carboxylic acids is 1. The van der Waals surface area contributed by atoms with Crippen molar-refractivity contribution < 1.29 is 42.1 Å². The minimum Gasteiger partial charge on any atom is -0.496 e. The molecule has 31 heavy (non-hydrogen) atoms. The maximum atomic E-state index is 12.9. The van der Waals surface area contributed by atoms with E-state index in [4.69, 9.17) is 14.6 Å². The number of alkyl halides is 3. The molecule has 0 unspecified atom stereocenters. The van der Waals surface area contributed by atoms with Crippen LogP contribution >= 0.6 is 0 Å². The van der Waals surface area contributed by atoms with E-state index in [-0.39, 0.29) is 35.6 Å². The Labute approximate surface area is 176 Å². The van der Waals surface area contributed by atoms with Crippen molar-refractivity contribution in [2.24, 2.45) is 5.92 Å². The minimum atomic E-state index is -5.14. The van der Waals surface area contributed by atoms with Crippen LogP contribution in [0.15, 0.2) is 11.6 Å². The number of allylic oxidation sites excluding steroid dienone is 2. The van der Waals surface area contributed by atoms with E-state index in [1.807, 2.05) is 5.32 Å². The van der Waals surface area contributed by atoms with Crippen LogP contribution in [0.1, 0.15) is 52.7 Å². The lowest BCUT2D eigenvalue weighted by molar-refractivity contribution is -0.167. The lowest BCUT2D eigenvalue weighted by Crippen LogP contribution is -2.31. The number of hydrogen-bond donors (Lipinski definition) is 2. The molecule has 1 heterocycles. The van der Waals surface area contributed by atoms with Gasteiger partial charge in [-0.25, -0.2) is 4.79 Å². The molecule has 10 heteroatoms. The fourth-order valence-electron chi connectivity index (χ4n) is 4.06. The minimum absolute atomic E-state index is 0.0983. The molecule has 0 atom stereocenters. The molecule has 0 spiro atoms. The number of esters is 1. The summed E-state index contributed by atoms with van der Waals surface area (Å²) in [6, 6.07) is 0. The Hall–Kier alpha value is -3.04. The zero-order valence-corrected chi connectivity index (χ0v) is 17.0. The van der Waals surface area contributed by atoms with E-state index in [1.165, 1.54) is 7.11 Å². The number of fused-ring (bicyclic) bond motifs is 1. The monoisotopic (exact) mass is 441 g/mol. The third-order valence-corrected chi connectivity index (χ3v) is 5.74. The Bertz CT molecular complexity index is 957. The highest BCUT2D eigenvalue weighted by molar-refractivity contribution is 6.07. The lowest BCUT2D eigenvalue weighted by atomic mass is 9.85. The molecule has 2 N–H and O–H groups in total. The van der Waals surface area contributed by atoms with Gasteiger partial charge in [0, 0.05) is 11.1 Å². The van der Waals surface area contributed by atoms with E-state index in [9.17, 15) is 27.6 Å². The molecule has 1 fully saturated rings. The molecular formula is C21H22F3NO6. The van der Waals surface area contributed by atoms with Gasteiger partial charge in [-0.2, -0.15) is 13.2 Å². The number of halogens is 3. The van der Waals surface area contributed by atoms with Crippen LogP contribution in [0.5, 0.6) is 5.75 Å². The molecule has 1 amide bonds. The zero-order valence-electron chi connectivity index (χ0n) is 17.0. The van der Waals surface area contributed by atoms with E-state index in [2.05, 4.69) is 0 Å². The molecule has 0 radical (unpaired) electrons. The Morgan fingerprint density at radius 3 is 2.48 bits per heavy atom. The van der Waals surface area contributed by atoms with Crippen molar-refractivity contribution in [3.8, 4) is 5.75 Å². The number of carboxylic acids is 1. The number of hydrogen-bond acceptors (Lipinski definition) is 5. The van der Waals surface area contributed by atoms with Crippen LogP contribution < -0.4 is 10.1 Å². The van der Waals surface area contributed by atoms with Gasteiger partial charge in [0.05, 0.1) is 24.3 Å². The summed E-state index contributed by atoms with van der Waals surface area (Å²) in [7, 11) is 1.36. The van der Waals surface area contributed by atoms with Crippen LogP contribution in [-0.2, 0) is 27.4 Å². The van der Waals surface area contributed by atoms with E-state index in [0.717, 1.165) is 5.57 Å². The second-order valence-electron chi connectivity index (χ2n) is 7.57. The summed E-state index contributed by atoms with van der Waals surface area (Å²) in [5, 5.41) is 11.0. The van der Waals surface area contributed by atoms with Gasteiger partial charge in [0.25, 0.3) is 0 Å². The molecule has 0 bridgehead atoms. The van der Waals surface area contributed by atoms with Crippen molar-refractivity contribution in [2.75, 3.05) is 12.4 Å². The second-order valence-corrected chi connectivity index (χ2v) is 7.57. The summed E-state index contributed by atoms with van der Waals surface area (Å²) >= 11 is 0. The number of carbonyl (C=O) groups excluding carboxylic acids is 2. The van der Waals surface area contributed by atoms with Gasteiger partial charge in [0.15, 0.2) is 0 Å². The SMILES string of the molecule is COc1c(C)c2c(c(NC(=O)C(F)(F)F)c1CC=C1CCC(C(=O)O)CC1)C(=O)OC2. The first-order chi connectivity index (χ1) is 14.5. The number of ether oxygens (including phenoxy) is 2. The van der Waals surface area contributed by atoms with Crippen LogP contribution in [0.25, 0.3) is 0 Å². The van der Waals surface area contributed by atoms with Gasteiger partial charge < -0.3 is 19.9 Å². The van der Waals surface area contributed by atoms with Gasteiger partial charge in [-0.3, -0.25) is 9.59 Å². The smallest absolute Gasteiger partial charge is 0.471 e. The number of benzene rings is 1. The first kappa shape index (κ1) is 22.6. The molecule has 0 aromatic heterocycles. The van der Waals surface area contributed by atoms with Gasteiger partial charge in [-0.05, 0) is 44.6 Å².